The van der Waals surface area contributed by atoms with Crippen LogP contribution in [0.4, 0.5) is 0 Å². The van der Waals surface area contributed by atoms with E-state index in [1.165, 1.54) is 0 Å². The van der Waals surface area contributed by atoms with Gasteiger partial charge in [0.2, 0.25) is 5.91 Å². The van der Waals surface area contributed by atoms with Crippen LogP contribution in [0.2, 0.25) is 0 Å². The maximum absolute atomic E-state index is 11.9. The van der Waals surface area contributed by atoms with E-state index in [9.17, 15) is 13.2 Å². The average Bonchev–Trinajstić information content (AvgIpc) is 2.67. The Hall–Kier alpha value is -0.660. The molecule has 1 aliphatic rings. The minimum absolute atomic E-state index is 0.101. The molecule has 0 bridgehead atoms. The topological polar surface area (TPSA) is 86.7 Å². The Kier molecular flexibility index (Phi) is 4.28. The number of hydrogen-bond acceptors (Lipinski definition) is 4. The van der Waals surface area contributed by atoms with Gasteiger partial charge in [0.15, 0.2) is 0 Å². The van der Waals surface area contributed by atoms with Crippen LogP contribution in [0.1, 0.15) is 20.3 Å². The lowest BCUT2D eigenvalue weighted by Crippen LogP contribution is -2.43. The predicted octanol–water partition coefficient (Wildman–Crippen LogP) is -0.527. The molecule has 2 N–H and O–H groups in total. The summed E-state index contributed by atoms with van der Waals surface area (Å²) in [4.78, 5) is 13.5. The number of carbonyl (C=O) groups excluding carboxylic acids is 1. The van der Waals surface area contributed by atoms with E-state index >= 15 is 0 Å². The lowest BCUT2D eigenvalue weighted by Gasteiger charge is -2.22. The molecule has 0 saturated carbocycles. The maximum atomic E-state index is 11.9. The Balaban J connectivity index is 2.63. The quantitative estimate of drug-likeness (QED) is 0.655. The van der Waals surface area contributed by atoms with E-state index in [2.05, 4.69) is 5.32 Å². The lowest BCUT2D eigenvalue weighted by atomic mass is 10.2. The van der Waals surface area contributed by atoms with E-state index in [-0.39, 0.29) is 18.9 Å². The molecule has 1 saturated heterocycles. The van der Waals surface area contributed by atoms with Gasteiger partial charge in [0.25, 0.3) is 10.1 Å². The Morgan fingerprint density at radius 2 is 2.00 bits per heavy atom. The number of amides is 1. The highest BCUT2D eigenvalue weighted by molar-refractivity contribution is 7.86. The molecule has 16 heavy (non-hydrogen) atoms. The van der Waals surface area contributed by atoms with Crippen molar-refractivity contribution >= 4 is 16.0 Å². The summed E-state index contributed by atoms with van der Waals surface area (Å²) in [6.07, 6.45) is 0.147. The van der Waals surface area contributed by atoms with E-state index in [0.717, 1.165) is 0 Å². The van der Waals surface area contributed by atoms with Crippen molar-refractivity contribution in [2.24, 2.45) is 0 Å². The van der Waals surface area contributed by atoms with Gasteiger partial charge in [-0.05, 0) is 20.3 Å². The summed E-state index contributed by atoms with van der Waals surface area (Å²) < 4.78 is 30.7. The summed E-state index contributed by atoms with van der Waals surface area (Å²) in [5.41, 5.74) is 0. The zero-order chi connectivity index (χ0) is 12.3. The molecule has 1 aliphatic heterocycles. The minimum atomic E-state index is -4.04. The first-order valence-electron chi connectivity index (χ1n) is 5.38. The third kappa shape index (κ3) is 2.93. The summed E-state index contributed by atoms with van der Waals surface area (Å²) in [7, 11) is -4.04. The molecular weight excluding hydrogens is 232 g/mol. The first-order valence-corrected chi connectivity index (χ1v) is 6.88. The van der Waals surface area contributed by atoms with Gasteiger partial charge in [-0.1, -0.05) is 0 Å². The third-order valence-electron chi connectivity index (χ3n) is 2.88. The lowest BCUT2D eigenvalue weighted by molar-refractivity contribution is -0.132. The van der Waals surface area contributed by atoms with Crippen LogP contribution < -0.4 is 5.32 Å². The van der Waals surface area contributed by atoms with Crippen LogP contribution in [0.25, 0.3) is 0 Å². The van der Waals surface area contributed by atoms with Gasteiger partial charge in [-0.2, -0.15) is 8.42 Å². The molecule has 1 rings (SSSR count). The largest absolute Gasteiger partial charge is 0.342 e. The van der Waals surface area contributed by atoms with E-state index in [0.29, 0.717) is 13.1 Å². The summed E-state index contributed by atoms with van der Waals surface area (Å²) in [6.45, 7) is 5.08. The Morgan fingerprint density at radius 1 is 1.44 bits per heavy atom. The standard InChI is InChI=1S/C9H18N2O4S/c1-3-11(4-2)9(12)8-5-7(6-10-8)16(13,14)15/h7-8,10H,3-6H2,1-2H3,(H,13,14,15)/t7-,8-/m0/s1. The molecule has 2 atom stereocenters. The molecule has 0 aliphatic carbocycles. The molecule has 1 heterocycles. The second kappa shape index (κ2) is 5.11. The van der Waals surface area contributed by atoms with Crippen molar-refractivity contribution in [3.05, 3.63) is 0 Å². The fourth-order valence-electron chi connectivity index (χ4n) is 1.87. The Bertz CT molecular complexity index is 351. The fraction of sp³-hybridized carbons (Fsp3) is 0.889. The van der Waals surface area contributed by atoms with Crippen molar-refractivity contribution in [3.8, 4) is 0 Å². The first kappa shape index (κ1) is 13.4. The normalized spacial score (nSPS) is 25.7. The molecule has 0 radical (unpaired) electrons. The van der Waals surface area contributed by atoms with Crippen LogP contribution in [0.5, 0.6) is 0 Å². The van der Waals surface area contributed by atoms with Crippen LogP contribution in [-0.4, -0.2) is 54.7 Å². The van der Waals surface area contributed by atoms with E-state index in [4.69, 9.17) is 4.55 Å². The summed E-state index contributed by atoms with van der Waals surface area (Å²) in [5.74, 6) is -0.101. The van der Waals surface area contributed by atoms with Gasteiger partial charge in [0, 0.05) is 19.6 Å². The predicted molar refractivity (Wildman–Crippen MR) is 59.7 cm³/mol. The average molecular weight is 250 g/mol. The number of rotatable bonds is 4. The Morgan fingerprint density at radius 3 is 2.38 bits per heavy atom. The van der Waals surface area contributed by atoms with Gasteiger partial charge in [0.05, 0.1) is 6.04 Å². The second-order valence-corrected chi connectivity index (χ2v) is 5.54. The van der Waals surface area contributed by atoms with Gasteiger partial charge < -0.3 is 10.2 Å². The van der Waals surface area contributed by atoms with Gasteiger partial charge in [0.1, 0.15) is 5.25 Å². The number of hydrogen-bond donors (Lipinski definition) is 2. The fourth-order valence-corrected chi connectivity index (χ4v) is 2.62. The molecule has 1 fully saturated rings. The summed E-state index contributed by atoms with van der Waals surface area (Å²) in [5, 5.41) is 1.97. The SMILES string of the molecule is CCN(CC)C(=O)[C@@H]1C[C@H](S(=O)(=O)O)CN1. The third-order valence-corrected chi connectivity index (χ3v) is 4.09. The van der Waals surface area contributed by atoms with Crippen molar-refractivity contribution in [1.29, 1.82) is 0 Å². The van der Waals surface area contributed by atoms with Crippen LogP contribution in [0, 0.1) is 0 Å². The molecular formula is C9H18N2O4S. The molecule has 0 aromatic heterocycles. The summed E-state index contributed by atoms with van der Waals surface area (Å²) >= 11 is 0. The number of nitrogens with one attached hydrogen (secondary N) is 1. The number of likely N-dealkylation sites (N-methyl/N-ethyl adjacent to an activating group) is 1. The van der Waals surface area contributed by atoms with Crippen LogP contribution in [-0.2, 0) is 14.9 Å². The molecule has 0 aromatic rings. The van der Waals surface area contributed by atoms with Crippen molar-refractivity contribution in [2.75, 3.05) is 19.6 Å². The van der Waals surface area contributed by atoms with Gasteiger partial charge in [-0.25, -0.2) is 0 Å². The second-order valence-electron chi connectivity index (χ2n) is 3.84. The van der Waals surface area contributed by atoms with E-state index in [1.807, 2.05) is 13.8 Å². The highest BCUT2D eigenvalue weighted by Gasteiger charge is 2.37. The zero-order valence-electron chi connectivity index (χ0n) is 9.51. The monoisotopic (exact) mass is 250 g/mol. The van der Waals surface area contributed by atoms with Crippen molar-refractivity contribution < 1.29 is 17.8 Å². The molecule has 0 aromatic carbocycles. The van der Waals surface area contributed by atoms with Crippen LogP contribution in [0.15, 0.2) is 0 Å². The molecule has 6 nitrogen and oxygen atoms in total. The molecule has 94 valence electrons. The van der Waals surface area contributed by atoms with Crippen LogP contribution >= 0.6 is 0 Å². The van der Waals surface area contributed by atoms with Gasteiger partial charge in [-0.15, -0.1) is 0 Å². The molecule has 1 amide bonds. The number of nitrogens with zero attached hydrogens (tertiary/aromatic N) is 1. The Labute approximate surface area is 95.8 Å². The summed E-state index contributed by atoms with van der Waals surface area (Å²) in [6, 6.07) is -0.494. The molecule has 0 spiro atoms. The zero-order valence-corrected chi connectivity index (χ0v) is 10.3. The highest BCUT2D eigenvalue weighted by atomic mass is 32.2. The van der Waals surface area contributed by atoms with Crippen molar-refractivity contribution in [3.63, 3.8) is 0 Å². The molecule has 0 unspecified atom stereocenters. The molecule has 7 heteroatoms. The smallest absolute Gasteiger partial charge is 0.269 e. The maximum Gasteiger partial charge on any atom is 0.269 e. The highest BCUT2D eigenvalue weighted by Crippen LogP contribution is 2.15. The van der Waals surface area contributed by atoms with Crippen molar-refractivity contribution in [2.45, 2.75) is 31.6 Å². The minimum Gasteiger partial charge on any atom is -0.342 e. The van der Waals surface area contributed by atoms with Gasteiger partial charge >= 0.3 is 0 Å². The van der Waals surface area contributed by atoms with E-state index in [1.54, 1.807) is 4.90 Å². The number of carbonyl (C=O) groups is 1. The van der Waals surface area contributed by atoms with E-state index < -0.39 is 21.4 Å². The van der Waals surface area contributed by atoms with Crippen LogP contribution in [0.3, 0.4) is 0 Å². The van der Waals surface area contributed by atoms with Gasteiger partial charge in [-0.3, -0.25) is 9.35 Å². The van der Waals surface area contributed by atoms with Crippen molar-refractivity contribution in [1.82, 2.24) is 10.2 Å². The first-order chi connectivity index (χ1) is 7.40.